The summed E-state index contributed by atoms with van der Waals surface area (Å²) in [4.78, 5) is 0. The molecule has 0 atom stereocenters. The van der Waals surface area contributed by atoms with Crippen LogP contribution in [0.2, 0.25) is 0 Å². The zero-order valence-electron chi connectivity index (χ0n) is 5.09. The van der Waals surface area contributed by atoms with Gasteiger partial charge in [-0.15, -0.1) is 10.3 Å². The molecule has 0 aromatic carbocycles. The molecule has 0 saturated carbocycles. The zero-order chi connectivity index (χ0) is 6.04. The van der Waals surface area contributed by atoms with Crippen molar-refractivity contribution in [1.29, 1.82) is 0 Å². The van der Waals surface area contributed by atoms with Crippen LogP contribution >= 0.6 is 10.3 Å². The maximum atomic E-state index is 9.38. The molecule has 0 spiro atoms. The molecule has 1 aliphatic rings. The maximum absolute atomic E-state index is 9.38. The lowest BCUT2D eigenvalue weighted by Gasteiger charge is -2.32. The molecule has 1 aliphatic heterocycles. The second-order valence-corrected chi connectivity index (χ2v) is 5.50. The van der Waals surface area contributed by atoms with E-state index in [4.69, 9.17) is 4.74 Å². The third-order valence-electron chi connectivity index (χ3n) is 1.33. The summed E-state index contributed by atoms with van der Waals surface area (Å²) in [6, 6.07) is 0. The Morgan fingerprint density at radius 2 is 1.88 bits per heavy atom. The van der Waals surface area contributed by atoms with Gasteiger partial charge in [0.05, 0.1) is 13.2 Å². The summed E-state index contributed by atoms with van der Waals surface area (Å²) < 4.78 is 14.4. The van der Waals surface area contributed by atoms with E-state index in [0.29, 0.717) is 0 Å². The van der Waals surface area contributed by atoms with Crippen molar-refractivity contribution in [2.24, 2.45) is 0 Å². The van der Waals surface area contributed by atoms with Crippen molar-refractivity contribution in [3.8, 4) is 0 Å². The van der Waals surface area contributed by atoms with E-state index in [1.165, 1.54) is 0 Å². The molecule has 50 valence electrons. The smallest absolute Gasteiger partial charge is 0.0562 e. The standard InChI is InChI=1S/C5H12O2S/c1-8(6)4-2-7-3-5-8/h6H,2-5H2,1H3. The van der Waals surface area contributed by atoms with Gasteiger partial charge in [0.1, 0.15) is 0 Å². The molecule has 1 N–H and O–H groups in total. The first-order valence-electron chi connectivity index (χ1n) is 2.75. The molecule has 1 fully saturated rings. The van der Waals surface area contributed by atoms with E-state index >= 15 is 0 Å². The SMILES string of the molecule is CS1(O)CCOCC1. The number of rotatable bonds is 0. The molecule has 1 heterocycles. The van der Waals surface area contributed by atoms with Gasteiger partial charge in [-0.25, -0.2) is 0 Å². The van der Waals surface area contributed by atoms with Crippen LogP contribution in [0.15, 0.2) is 0 Å². The first-order valence-corrected chi connectivity index (χ1v) is 5.08. The van der Waals surface area contributed by atoms with E-state index < -0.39 is 10.3 Å². The minimum absolute atomic E-state index is 0.752. The van der Waals surface area contributed by atoms with E-state index in [9.17, 15) is 4.55 Å². The zero-order valence-corrected chi connectivity index (χ0v) is 5.91. The monoisotopic (exact) mass is 136 g/mol. The summed E-state index contributed by atoms with van der Waals surface area (Å²) in [7, 11) is -1.21. The predicted molar refractivity (Wildman–Crippen MR) is 36.7 cm³/mol. The summed E-state index contributed by atoms with van der Waals surface area (Å²) in [5.74, 6) is 1.74. The summed E-state index contributed by atoms with van der Waals surface area (Å²) in [5, 5.41) is 0. The molecular weight excluding hydrogens is 124 g/mol. The van der Waals surface area contributed by atoms with E-state index in [-0.39, 0.29) is 0 Å². The minimum Gasteiger partial charge on any atom is -0.380 e. The largest absolute Gasteiger partial charge is 0.380 e. The van der Waals surface area contributed by atoms with Crippen molar-refractivity contribution in [3.05, 3.63) is 0 Å². The maximum Gasteiger partial charge on any atom is 0.0562 e. The summed E-state index contributed by atoms with van der Waals surface area (Å²) in [5.41, 5.74) is 0. The van der Waals surface area contributed by atoms with Gasteiger partial charge in [-0.3, -0.25) is 0 Å². The Hall–Kier alpha value is 0.270. The second-order valence-electron chi connectivity index (χ2n) is 2.24. The van der Waals surface area contributed by atoms with Gasteiger partial charge >= 0.3 is 0 Å². The van der Waals surface area contributed by atoms with Gasteiger partial charge in [0.25, 0.3) is 0 Å². The summed E-state index contributed by atoms with van der Waals surface area (Å²) in [6.07, 6.45) is 1.94. The molecule has 2 nitrogen and oxygen atoms in total. The molecule has 0 aromatic heterocycles. The fraction of sp³-hybridized carbons (Fsp3) is 1.00. The van der Waals surface area contributed by atoms with Crippen LogP contribution in [-0.4, -0.2) is 35.5 Å². The molecule has 3 heteroatoms. The van der Waals surface area contributed by atoms with Crippen LogP contribution in [0.25, 0.3) is 0 Å². The third kappa shape index (κ3) is 1.65. The summed E-state index contributed by atoms with van der Waals surface area (Å²) >= 11 is 0. The van der Waals surface area contributed by atoms with E-state index in [2.05, 4.69) is 0 Å². The van der Waals surface area contributed by atoms with Gasteiger partial charge in [0.2, 0.25) is 0 Å². The van der Waals surface area contributed by atoms with Gasteiger partial charge in [-0.05, 0) is 6.26 Å². The van der Waals surface area contributed by atoms with Crippen molar-refractivity contribution in [2.75, 3.05) is 31.0 Å². The molecule has 0 aliphatic carbocycles. The highest BCUT2D eigenvalue weighted by atomic mass is 32.3. The number of hydrogen-bond acceptors (Lipinski definition) is 2. The van der Waals surface area contributed by atoms with Crippen LogP contribution in [0.1, 0.15) is 0 Å². The van der Waals surface area contributed by atoms with Crippen molar-refractivity contribution in [2.45, 2.75) is 0 Å². The first-order chi connectivity index (χ1) is 3.71. The highest BCUT2D eigenvalue weighted by molar-refractivity contribution is 8.28. The van der Waals surface area contributed by atoms with Crippen LogP contribution in [0.4, 0.5) is 0 Å². The molecular formula is C5H12O2S. The fourth-order valence-electron chi connectivity index (χ4n) is 0.681. The van der Waals surface area contributed by atoms with Crippen molar-refractivity contribution >= 4 is 10.3 Å². The normalized spacial score (nSPS) is 31.8. The van der Waals surface area contributed by atoms with Crippen molar-refractivity contribution in [1.82, 2.24) is 0 Å². The average molecular weight is 136 g/mol. The van der Waals surface area contributed by atoms with Crippen LogP contribution in [0.5, 0.6) is 0 Å². The molecule has 0 radical (unpaired) electrons. The fourth-order valence-corrected chi connectivity index (χ4v) is 1.84. The highest BCUT2D eigenvalue weighted by Crippen LogP contribution is 2.39. The van der Waals surface area contributed by atoms with Gasteiger partial charge in [-0.1, -0.05) is 0 Å². The van der Waals surface area contributed by atoms with Gasteiger partial charge in [-0.2, -0.15) is 0 Å². The first kappa shape index (κ1) is 6.39. The van der Waals surface area contributed by atoms with Crippen LogP contribution in [0, 0.1) is 0 Å². The van der Waals surface area contributed by atoms with Crippen molar-refractivity contribution in [3.63, 3.8) is 0 Å². The Bertz CT molecular complexity index is 74.5. The predicted octanol–water partition coefficient (Wildman–Crippen LogP) is 0.924. The lowest BCUT2D eigenvalue weighted by Crippen LogP contribution is -2.21. The molecule has 0 unspecified atom stereocenters. The molecule has 0 bridgehead atoms. The quantitative estimate of drug-likeness (QED) is 0.536. The van der Waals surface area contributed by atoms with Crippen LogP contribution in [0.3, 0.4) is 0 Å². The van der Waals surface area contributed by atoms with E-state index in [1.807, 2.05) is 6.26 Å². The lowest BCUT2D eigenvalue weighted by molar-refractivity contribution is 0.156. The second kappa shape index (κ2) is 2.25. The van der Waals surface area contributed by atoms with Crippen LogP contribution < -0.4 is 0 Å². The minimum atomic E-state index is -1.21. The Morgan fingerprint density at radius 1 is 1.38 bits per heavy atom. The average Bonchev–Trinajstić information content (AvgIpc) is 1.65. The molecule has 1 saturated heterocycles. The Balaban J connectivity index is 2.33. The Morgan fingerprint density at radius 3 is 2.12 bits per heavy atom. The van der Waals surface area contributed by atoms with E-state index in [1.54, 1.807) is 0 Å². The molecule has 1 rings (SSSR count). The summed E-state index contributed by atoms with van der Waals surface area (Å²) in [6.45, 7) is 1.50. The molecule has 0 amide bonds. The number of hydrogen-bond donors (Lipinski definition) is 1. The van der Waals surface area contributed by atoms with Gasteiger partial charge in [0, 0.05) is 11.5 Å². The molecule has 8 heavy (non-hydrogen) atoms. The molecule has 0 aromatic rings. The van der Waals surface area contributed by atoms with Gasteiger partial charge < -0.3 is 9.29 Å². The third-order valence-corrected chi connectivity index (χ3v) is 3.43. The van der Waals surface area contributed by atoms with Crippen LogP contribution in [-0.2, 0) is 4.74 Å². The Labute approximate surface area is 51.4 Å². The topological polar surface area (TPSA) is 29.5 Å². The number of ether oxygens (including phenoxy) is 1. The van der Waals surface area contributed by atoms with Crippen molar-refractivity contribution < 1.29 is 9.29 Å². The highest BCUT2D eigenvalue weighted by Gasteiger charge is 2.17. The van der Waals surface area contributed by atoms with Gasteiger partial charge in [0.15, 0.2) is 0 Å². The Kier molecular flexibility index (Phi) is 1.80. The van der Waals surface area contributed by atoms with E-state index in [0.717, 1.165) is 24.7 Å². The lowest BCUT2D eigenvalue weighted by atomic mass is 10.8.